The third kappa shape index (κ3) is 2.29. The van der Waals surface area contributed by atoms with E-state index in [4.69, 9.17) is 0 Å². The molecule has 6 nitrogen and oxygen atoms in total. The molecule has 1 heterocycles. The molecular formula is C14H16N4O2. The van der Waals surface area contributed by atoms with Crippen molar-refractivity contribution in [2.24, 2.45) is 5.92 Å². The number of rotatable bonds is 3. The molecular weight excluding hydrogens is 256 g/mol. The topological polar surface area (TPSA) is 81.0 Å². The molecule has 3 rings (SSSR count). The highest BCUT2D eigenvalue weighted by Crippen LogP contribution is 2.30. The van der Waals surface area contributed by atoms with Gasteiger partial charge in [-0.25, -0.2) is 9.97 Å². The highest BCUT2D eigenvalue weighted by atomic mass is 16.6. The van der Waals surface area contributed by atoms with Crippen molar-refractivity contribution in [2.75, 3.05) is 5.32 Å². The number of hydrogen-bond acceptors (Lipinski definition) is 5. The lowest BCUT2D eigenvalue weighted by Gasteiger charge is -2.18. The van der Waals surface area contributed by atoms with Crippen molar-refractivity contribution in [1.29, 1.82) is 0 Å². The fourth-order valence-electron chi connectivity index (χ4n) is 2.81. The zero-order valence-electron chi connectivity index (χ0n) is 11.2. The van der Waals surface area contributed by atoms with Crippen molar-refractivity contribution in [1.82, 2.24) is 9.97 Å². The molecule has 2 aromatic rings. The molecule has 1 aliphatic rings. The van der Waals surface area contributed by atoms with Gasteiger partial charge in [-0.3, -0.25) is 10.1 Å². The smallest absolute Gasteiger partial charge is 0.270 e. The van der Waals surface area contributed by atoms with Crippen LogP contribution >= 0.6 is 0 Å². The molecule has 0 radical (unpaired) electrons. The first-order valence-corrected chi connectivity index (χ1v) is 6.81. The second kappa shape index (κ2) is 5.03. The predicted molar refractivity (Wildman–Crippen MR) is 76.6 cm³/mol. The number of fused-ring (bicyclic) bond motifs is 1. The summed E-state index contributed by atoms with van der Waals surface area (Å²) in [5.41, 5.74) is 0.786. The standard InChI is InChI=1S/C14H16N4O2/c1-9-3-2-4-12(9)17-14-11-7-10(18(19)20)5-6-13(11)15-8-16-14/h5-9,12H,2-4H2,1H3,(H,15,16,17). The monoisotopic (exact) mass is 272 g/mol. The fraction of sp³-hybridized carbons (Fsp3) is 0.429. The molecule has 0 bridgehead atoms. The first-order chi connectivity index (χ1) is 9.65. The van der Waals surface area contributed by atoms with E-state index in [9.17, 15) is 10.1 Å². The van der Waals surface area contributed by atoms with Crippen LogP contribution in [0.1, 0.15) is 26.2 Å². The lowest BCUT2D eigenvalue weighted by atomic mass is 10.1. The molecule has 0 aliphatic heterocycles. The first kappa shape index (κ1) is 12.8. The number of nitrogens with zero attached hydrogens (tertiary/aromatic N) is 3. The molecule has 1 N–H and O–H groups in total. The van der Waals surface area contributed by atoms with Crippen LogP contribution in [0.4, 0.5) is 11.5 Å². The summed E-state index contributed by atoms with van der Waals surface area (Å²) in [7, 11) is 0. The minimum absolute atomic E-state index is 0.0646. The molecule has 2 atom stereocenters. The normalized spacial score (nSPS) is 22.1. The van der Waals surface area contributed by atoms with Gasteiger partial charge in [0.2, 0.25) is 0 Å². The van der Waals surface area contributed by atoms with E-state index < -0.39 is 4.92 Å². The highest BCUT2D eigenvalue weighted by molar-refractivity contribution is 5.90. The summed E-state index contributed by atoms with van der Waals surface area (Å²) in [5, 5.41) is 15.0. The van der Waals surface area contributed by atoms with Gasteiger partial charge < -0.3 is 5.32 Å². The van der Waals surface area contributed by atoms with Crippen LogP contribution in [0.3, 0.4) is 0 Å². The number of anilines is 1. The third-order valence-electron chi connectivity index (χ3n) is 4.01. The molecule has 1 aromatic heterocycles. The maximum Gasteiger partial charge on any atom is 0.270 e. The van der Waals surface area contributed by atoms with E-state index in [-0.39, 0.29) is 5.69 Å². The summed E-state index contributed by atoms with van der Waals surface area (Å²) in [6.07, 6.45) is 5.03. The molecule has 1 aromatic carbocycles. The van der Waals surface area contributed by atoms with E-state index in [0.717, 1.165) is 11.9 Å². The molecule has 20 heavy (non-hydrogen) atoms. The zero-order chi connectivity index (χ0) is 14.1. The summed E-state index contributed by atoms with van der Waals surface area (Å²) >= 11 is 0. The molecule has 1 saturated carbocycles. The molecule has 6 heteroatoms. The number of nitro groups is 1. The van der Waals surface area contributed by atoms with Crippen molar-refractivity contribution >= 4 is 22.4 Å². The van der Waals surface area contributed by atoms with Crippen molar-refractivity contribution in [2.45, 2.75) is 32.2 Å². The Morgan fingerprint density at radius 2 is 2.20 bits per heavy atom. The largest absolute Gasteiger partial charge is 0.366 e. The number of non-ortho nitro benzene ring substituents is 1. The SMILES string of the molecule is CC1CCCC1Nc1ncnc2ccc([N+](=O)[O-])cc12. The Morgan fingerprint density at radius 1 is 1.35 bits per heavy atom. The van der Waals surface area contributed by atoms with Crippen LogP contribution in [0, 0.1) is 16.0 Å². The maximum atomic E-state index is 10.9. The highest BCUT2D eigenvalue weighted by Gasteiger charge is 2.24. The van der Waals surface area contributed by atoms with Gasteiger partial charge in [-0.1, -0.05) is 13.3 Å². The van der Waals surface area contributed by atoms with Crippen molar-refractivity contribution in [3.05, 3.63) is 34.6 Å². The van der Waals surface area contributed by atoms with Gasteiger partial charge in [-0.2, -0.15) is 0 Å². The Bertz CT molecular complexity index is 659. The Balaban J connectivity index is 2.00. The Labute approximate surface area is 116 Å². The molecule has 0 amide bonds. The molecule has 1 fully saturated rings. The average molecular weight is 272 g/mol. The van der Waals surface area contributed by atoms with E-state index in [1.54, 1.807) is 6.07 Å². The zero-order valence-corrected chi connectivity index (χ0v) is 11.2. The Morgan fingerprint density at radius 3 is 2.90 bits per heavy atom. The van der Waals surface area contributed by atoms with Gasteiger partial charge in [0.15, 0.2) is 0 Å². The molecule has 104 valence electrons. The number of hydrogen-bond donors (Lipinski definition) is 1. The number of benzene rings is 1. The molecule has 2 unspecified atom stereocenters. The van der Waals surface area contributed by atoms with Crippen LogP contribution in [0.25, 0.3) is 10.9 Å². The summed E-state index contributed by atoms with van der Waals surface area (Å²) in [6.45, 7) is 2.22. The van der Waals surface area contributed by atoms with Crippen LogP contribution in [0.15, 0.2) is 24.5 Å². The number of nitro benzene ring substituents is 1. The lowest BCUT2D eigenvalue weighted by molar-refractivity contribution is -0.384. The van der Waals surface area contributed by atoms with E-state index in [1.165, 1.54) is 31.3 Å². The third-order valence-corrected chi connectivity index (χ3v) is 4.01. The average Bonchev–Trinajstić information content (AvgIpc) is 2.84. The second-order valence-electron chi connectivity index (χ2n) is 5.34. The lowest BCUT2D eigenvalue weighted by Crippen LogP contribution is -2.22. The second-order valence-corrected chi connectivity index (χ2v) is 5.34. The quantitative estimate of drug-likeness (QED) is 0.685. The van der Waals surface area contributed by atoms with Crippen LogP contribution in [0.2, 0.25) is 0 Å². The number of aromatic nitrogens is 2. The van der Waals surface area contributed by atoms with Crippen LogP contribution in [0.5, 0.6) is 0 Å². The van der Waals surface area contributed by atoms with Crippen molar-refractivity contribution < 1.29 is 4.92 Å². The van der Waals surface area contributed by atoms with E-state index in [1.807, 2.05) is 0 Å². The van der Waals surface area contributed by atoms with Gasteiger partial charge in [-0.05, 0) is 24.8 Å². The summed E-state index contributed by atoms with van der Waals surface area (Å²) in [6, 6.07) is 5.06. The molecule has 0 saturated heterocycles. The molecule has 1 aliphatic carbocycles. The minimum atomic E-state index is -0.394. The molecule has 0 spiro atoms. The maximum absolute atomic E-state index is 10.9. The minimum Gasteiger partial charge on any atom is -0.366 e. The van der Waals surface area contributed by atoms with E-state index in [0.29, 0.717) is 23.2 Å². The Kier molecular flexibility index (Phi) is 3.22. The Hall–Kier alpha value is -2.24. The summed E-state index contributed by atoms with van der Waals surface area (Å²) < 4.78 is 0. The van der Waals surface area contributed by atoms with Gasteiger partial charge in [0.1, 0.15) is 12.1 Å². The fourth-order valence-corrected chi connectivity index (χ4v) is 2.81. The van der Waals surface area contributed by atoms with Gasteiger partial charge in [0, 0.05) is 23.6 Å². The summed E-state index contributed by atoms with van der Waals surface area (Å²) in [4.78, 5) is 18.9. The van der Waals surface area contributed by atoms with Crippen LogP contribution < -0.4 is 5.32 Å². The van der Waals surface area contributed by atoms with Gasteiger partial charge in [-0.15, -0.1) is 0 Å². The van der Waals surface area contributed by atoms with Crippen molar-refractivity contribution in [3.8, 4) is 0 Å². The van der Waals surface area contributed by atoms with E-state index >= 15 is 0 Å². The predicted octanol–water partition coefficient (Wildman–Crippen LogP) is 3.14. The van der Waals surface area contributed by atoms with Crippen LogP contribution in [-0.4, -0.2) is 20.9 Å². The first-order valence-electron chi connectivity index (χ1n) is 6.81. The van der Waals surface area contributed by atoms with Gasteiger partial charge in [0.05, 0.1) is 10.4 Å². The number of nitrogens with one attached hydrogen (secondary N) is 1. The van der Waals surface area contributed by atoms with Crippen LogP contribution in [-0.2, 0) is 0 Å². The van der Waals surface area contributed by atoms with Gasteiger partial charge >= 0.3 is 0 Å². The van der Waals surface area contributed by atoms with Crippen molar-refractivity contribution in [3.63, 3.8) is 0 Å². The summed E-state index contributed by atoms with van der Waals surface area (Å²) in [5.74, 6) is 1.29. The van der Waals surface area contributed by atoms with E-state index in [2.05, 4.69) is 22.2 Å². The van der Waals surface area contributed by atoms with Gasteiger partial charge in [0.25, 0.3) is 5.69 Å².